The van der Waals surface area contributed by atoms with Crippen LogP contribution in [0.4, 0.5) is 0 Å². The Hall–Kier alpha value is -1.26. The molecule has 0 spiro atoms. The fraction of sp³-hybridized carbons (Fsp3) is 0.412. The van der Waals surface area contributed by atoms with E-state index in [9.17, 15) is 0 Å². The van der Waals surface area contributed by atoms with Crippen molar-refractivity contribution in [2.75, 3.05) is 0 Å². The quantitative estimate of drug-likeness (QED) is 0.907. The predicted molar refractivity (Wildman–Crippen MR) is 90.3 cm³/mol. The van der Waals surface area contributed by atoms with Crippen molar-refractivity contribution in [3.8, 4) is 0 Å². The lowest BCUT2D eigenvalue weighted by Gasteiger charge is -2.20. The van der Waals surface area contributed by atoms with Gasteiger partial charge in [0.05, 0.1) is 5.69 Å². The van der Waals surface area contributed by atoms with Crippen LogP contribution in [-0.2, 0) is 13.0 Å². The SMILES string of the molecule is Cc1cc(CNC(C)(C)C)nc(Cc2ccccc2Br)n1. The zero-order valence-corrected chi connectivity index (χ0v) is 14.7. The Bertz CT molecular complexity index is 618. The van der Waals surface area contributed by atoms with E-state index in [1.54, 1.807) is 0 Å². The van der Waals surface area contributed by atoms with E-state index in [1.807, 2.05) is 31.2 Å². The molecule has 0 unspecified atom stereocenters. The van der Waals surface area contributed by atoms with Gasteiger partial charge in [-0.2, -0.15) is 0 Å². The number of halogens is 1. The summed E-state index contributed by atoms with van der Waals surface area (Å²) in [7, 11) is 0. The molecule has 0 saturated heterocycles. The van der Waals surface area contributed by atoms with Crippen molar-refractivity contribution < 1.29 is 0 Å². The van der Waals surface area contributed by atoms with Gasteiger partial charge in [0.1, 0.15) is 5.82 Å². The minimum Gasteiger partial charge on any atom is -0.306 e. The van der Waals surface area contributed by atoms with Gasteiger partial charge in [0.2, 0.25) is 0 Å². The highest BCUT2D eigenvalue weighted by atomic mass is 79.9. The Kier molecular flexibility index (Phi) is 5.12. The third-order valence-electron chi connectivity index (χ3n) is 3.06. The number of aryl methyl sites for hydroxylation is 1. The second kappa shape index (κ2) is 6.67. The zero-order valence-electron chi connectivity index (χ0n) is 13.1. The summed E-state index contributed by atoms with van der Waals surface area (Å²) in [4.78, 5) is 9.23. The molecule has 3 nitrogen and oxygen atoms in total. The number of nitrogens with one attached hydrogen (secondary N) is 1. The van der Waals surface area contributed by atoms with Crippen LogP contribution in [-0.4, -0.2) is 15.5 Å². The van der Waals surface area contributed by atoms with Gasteiger partial charge in [-0.3, -0.25) is 0 Å². The van der Waals surface area contributed by atoms with E-state index in [0.29, 0.717) is 0 Å². The predicted octanol–water partition coefficient (Wildman–Crippen LogP) is 4.03. The van der Waals surface area contributed by atoms with Crippen LogP contribution in [0.15, 0.2) is 34.8 Å². The van der Waals surface area contributed by atoms with E-state index in [-0.39, 0.29) is 5.54 Å². The fourth-order valence-electron chi connectivity index (χ4n) is 2.04. The molecule has 0 aliphatic carbocycles. The van der Waals surface area contributed by atoms with Crippen LogP contribution >= 0.6 is 15.9 Å². The van der Waals surface area contributed by atoms with Crippen molar-refractivity contribution in [3.05, 3.63) is 57.6 Å². The Morgan fingerprint density at radius 1 is 1.14 bits per heavy atom. The number of benzene rings is 1. The van der Waals surface area contributed by atoms with Crippen molar-refractivity contribution in [2.45, 2.75) is 46.2 Å². The van der Waals surface area contributed by atoms with Gasteiger partial charge in [-0.1, -0.05) is 34.1 Å². The van der Waals surface area contributed by atoms with E-state index in [4.69, 9.17) is 0 Å². The molecule has 0 bridgehead atoms. The summed E-state index contributed by atoms with van der Waals surface area (Å²) >= 11 is 3.58. The molecule has 0 radical (unpaired) electrons. The third kappa shape index (κ3) is 5.21. The first kappa shape index (κ1) is 16.1. The van der Waals surface area contributed by atoms with Crippen molar-refractivity contribution in [3.63, 3.8) is 0 Å². The van der Waals surface area contributed by atoms with Gasteiger partial charge < -0.3 is 5.32 Å². The summed E-state index contributed by atoms with van der Waals surface area (Å²) in [5, 5.41) is 3.47. The van der Waals surface area contributed by atoms with Crippen LogP contribution in [0.2, 0.25) is 0 Å². The van der Waals surface area contributed by atoms with E-state index in [1.165, 1.54) is 5.56 Å². The molecule has 0 fully saturated rings. The molecule has 2 aromatic rings. The Morgan fingerprint density at radius 2 is 1.86 bits per heavy atom. The minimum atomic E-state index is 0.0848. The molecule has 2 rings (SSSR count). The maximum Gasteiger partial charge on any atom is 0.133 e. The monoisotopic (exact) mass is 347 g/mol. The second-order valence-electron chi connectivity index (χ2n) is 6.29. The molecule has 0 amide bonds. The third-order valence-corrected chi connectivity index (χ3v) is 3.83. The van der Waals surface area contributed by atoms with Gasteiger partial charge in [-0.25, -0.2) is 9.97 Å². The van der Waals surface area contributed by atoms with Crippen LogP contribution in [0.1, 0.15) is 43.5 Å². The molecule has 0 aliphatic rings. The van der Waals surface area contributed by atoms with Crippen molar-refractivity contribution in [2.24, 2.45) is 0 Å². The standard InChI is InChI=1S/C17H22BrN3/c1-12-9-14(11-19-17(2,3)4)21-16(20-12)10-13-7-5-6-8-15(13)18/h5-9,19H,10-11H2,1-4H3. The maximum absolute atomic E-state index is 4.68. The second-order valence-corrected chi connectivity index (χ2v) is 7.14. The molecule has 1 aromatic carbocycles. The number of aromatic nitrogens is 2. The molecule has 1 N–H and O–H groups in total. The number of hydrogen-bond acceptors (Lipinski definition) is 3. The largest absolute Gasteiger partial charge is 0.306 e. The lowest BCUT2D eigenvalue weighted by Crippen LogP contribution is -2.35. The van der Waals surface area contributed by atoms with Gasteiger partial charge in [-0.05, 0) is 45.4 Å². The van der Waals surface area contributed by atoms with E-state index in [2.05, 4.69) is 58.1 Å². The number of nitrogens with zero attached hydrogens (tertiary/aromatic N) is 2. The molecule has 0 atom stereocenters. The summed E-state index contributed by atoms with van der Waals surface area (Å²) in [6.45, 7) is 9.25. The lowest BCUT2D eigenvalue weighted by molar-refractivity contribution is 0.420. The Balaban J connectivity index is 2.17. The molecular weight excluding hydrogens is 326 g/mol. The number of rotatable bonds is 4. The highest BCUT2D eigenvalue weighted by Crippen LogP contribution is 2.18. The van der Waals surface area contributed by atoms with Crippen molar-refractivity contribution in [1.82, 2.24) is 15.3 Å². The summed E-state index contributed by atoms with van der Waals surface area (Å²) in [6.07, 6.45) is 0.742. The van der Waals surface area contributed by atoms with Crippen LogP contribution in [0, 0.1) is 6.92 Å². The van der Waals surface area contributed by atoms with Gasteiger partial charge in [-0.15, -0.1) is 0 Å². The minimum absolute atomic E-state index is 0.0848. The van der Waals surface area contributed by atoms with Gasteiger partial charge >= 0.3 is 0 Å². The zero-order chi connectivity index (χ0) is 15.5. The first-order chi connectivity index (χ1) is 9.83. The average Bonchev–Trinajstić information content (AvgIpc) is 2.38. The summed E-state index contributed by atoms with van der Waals surface area (Å²) in [6, 6.07) is 10.2. The van der Waals surface area contributed by atoms with Gasteiger partial charge in [0.15, 0.2) is 0 Å². The molecule has 21 heavy (non-hydrogen) atoms. The molecule has 0 aliphatic heterocycles. The first-order valence-corrected chi connectivity index (χ1v) is 7.95. The topological polar surface area (TPSA) is 37.8 Å². The van der Waals surface area contributed by atoms with Gasteiger partial charge in [0, 0.05) is 28.7 Å². The Labute approximate surface area is 135 Å². The van der Waals surface area contributed by atoms with E-state index < -0.39 is 0 Å². The summed E-state index contributed by atoms with van der Waals surface area (Å²) < 4.78 is 1.10. The lowest BCUT2D eigenvalue weighted by atomic mass is 10.1. The molecule has 0 saturated carbocycles. The normalized spacial score (nSPS) is 11.7. The van der Waals surface area contributed by atoms with Crippen molar-refractivity contribution in [1.29, 1.82) is 0 Å². The van der Waals surface area contributed by atoms with Crippen LogP contribution < -0.4 is 5.32 Å². The van der Waals surface area contributed by atoms with Crippen LogP contribution in [0.5, 0.6) is 0 Å². The van der Waals surface area contributed by atoms with Crippen LogP contribution in [0.25, 0.3) is 0 Å². The van der Waals surface area contributed by atoms with E-state index >= 15 is 0 Å². The summed E-state index contributed by atoms with van der Waals surface area (Å²) in [5.74, 6) is 0.868. The molecule has 112 valence electrons. The van der Waals surface area contributed by atoms with Crippen LogP contribution in [0.3, 0.4) is 0 Å². The maximum atomic E-state index is 4.68. The smallest absolute Gasteiger partial charge is 0.133 e. The first-order valence-electron chi connectivity index (χ1n) is 7.15. The molecule has 1 heterocycles. The highest BCUT2D eigenvalue weighted by Gasteiger charge is 2.11. The summed E-state index contributed by atoms with van der Waals surface area (Å²) in [5.41, 5.74) is 3.34. The molecule has 1 aromatic heterocycles. The molecule has 4 heteroatoms. The highest BCUT2D eigenvalue weighted by molar-refractivity contribution is 9.10. The van der Waals surface area contributed by atoms with Crippen molar-refractivity contribution >= 4 is 15.9 Å². The van der Waals surface area contributed by atoms with E-state index in [0.717, 1.165) is 34.7 Å². The molecular formula is C17H22BrN3. The fourth-order valence-corrected chi connectivity index (χ4v) is 2.46. The van der Waals surface area contributed by atoms with Gasteiger partial charge in [0.25, 0.3) is 0 Å². The average molecular weight is 348 g/mol. The number of hydrogen-bond donors (Lipinski definition) is 1. The Morgan fingerprint density at radius 3 is 2.52 bits per heavy atom.